The second kappa shape index (κ2) is 8.32. The van der Waals surface area contributed by atoms with E-state index in [4.69, 9.17) is 9.26 Å². The van der Waals surface area contributed by atoms with Gasteiger partial charge in [0, 0.05) is 19.2 Å². The minimum Gasteiger partial charge on any atom is -0.497 e. The van der Waals surface area contributed by atoms with E-state index in [1.54, 1.807) is 7.11 Å². The van der Waals surface area contributed by atoms with Crippen molar-refractivity contribution in [2.75, 3.05) is 20.2 Å². The summed E-state index contributed by atoms with van der Waals surface area (Å²) < 4.78 is 10.7. The van der Waals surface area contributed by atoms with Gasteiger partial charge in [-0.15, -0.1) is 0 Å². The Hall–Kier alpha value is -2.38. The first-order chi connectivity index (χ1) is 13.3. The molecule has 152 valence electrons. The summed E-state index contributed by atoms with van der Waals surface area (Å²) in [7, 11) is 1.58. The van der Waals surface area contributed by atoms with Crippen molar-refractivity contribution in [1.29, 1.82) is 0 Å². The van der Waals surface area contributed by atoms with Crippen molar-refractivity contribution >= 4 is 5.97 Å². The number of rotatable bonds is 7. The van der Waals surface area contributed by atoms with Crippen LogP contribution in [0, 0.1) is 5.41 Å². The number of nitrogens with zero attached hydrogens (tertiary/aromatic N) is 2. The van der Waals surface area contributed by atoms with Gasteiger partial charge in [-0.25, -0.2) is 0 Å². The highest BCUT2D eigenvalue weighted by Crippen LogP contribution is 2.36. The lowest BCUT2D eigenvalue weighted by Gasteiger charge is -2.43. The number of piperidine rings is 1. The van der Waals surface area contributed by atoms with Crippen LogP contribution >= 0.6 is 0 Å². The largest absolute Gasteiger partial charge is 0.497 e. The molecule has 1 saturated heterocycles. The average molecular weight is 388 g/mol. The second-order valence-corrected chi connectivity index (χ2v) is 7.88. The van der Waals surface area contributed by atoms with Crippen LogP contribution in [0.25, 0.3) is 0 Å². The molecule has 1 aliphatic rings. The predicted octanol–water partition coefficient (Wildman–Crippen LogP) is 2.69. The topological polar surface area (TPSA) is 96.0 Å². The van der Waals surface area contributed by atoms with Crippen molar-refractivity contribution in [3.8, 4) is 5.75 Å². The van der Waals surface area contributed by atoms with Gasteiger partial charge in [-0.3, -0.25) is 9.69 Å². The maximum Gasteiger partial charge on any atom is 0.313 e. The zero-order valence-electron chi connectivity index (χ0n) is 16.6. The molecule has 0 amide bonds. The molecule has 2 atom stereocenters. The smallest absolute Gasteiger partial charge is 0.313 e. The monoisotopic (exact) mass is 388 g/mol. The molecule has 2 N–H and O–H groups in total. The quantitative estimate of drug-likeness (QED) is 0.753. The molecule has 1 aromatic carbocycles. The Morgan fingerprint density at radius 1 is 1.43 bits per heavy atom. The maximum absolute atomic E-state index is 12.3. The maximum atomic E-state index is 12.3. The van der Waals surface area contributed by atoms with Crippen molar-refractivity contribution < 1.29 is 24.3 Å². The summed E-state index contributed by atoms with van der Waals surface area (Å²) in [5, 5.41) is 24.8. The van der Waals surface area contributed by atoms with E-state index in [1.165, 1.54) is 0 Å². The van der Waals surface area contributed by atoms with Crippen LogP contribution in [0.3, 0.4) is 0 Å². The molecule has 3 rings (SSSR count). The van der Waals surface area contributed by atoms with Crippen LogP contribution in [0.4, 0.5) is 0 Å². The highest BCUT2D eigenvalue weighted by Gasteiger charge is 2.49. The molecule has 1 aliphatic heterocycles. The third-order valence-electron chi connectivity index (χ3n) is 5.49. The van der Waals surface area contributed by atoms with E-state index in [0.717, 1.165) is 11.3 Å². The molecular formula is C21H28N2O5. The summed E-state index contributed by atoms with van der Waals surface area (Å²) in [6.45, 7) is 5.40. The van der Waals surface area contributed by atoms with E-state index in [9.17, 15) is 15.0 Å². The third kappa shape index (κ3) is 4.20. The van der Waals surface area contributed by atoms with Crippen molar-refractivity contribution in [3.05, 3.63) is 47.3 Å². The third-order valence-corrected chi connectivity index (χ3v) is 5.49. The molecule has 0 radical (unpaired) electrons. The Labute approximate surface area is 164 Å². The second-order valence-electron chi connectivity index (χ2n) is 7.88. The van der Waals surface area contributed by atoms with Gasteiger partial charge in [0.25, 0.3) is 0 Å². The van der Waals surface area contributed by atoms with Crippen molar-refractivity contribution in [2.45, 2.75) is 45.3 Å². The fourth-order valence-electron chi connectivity index (χ4n) is 3.80. The standard InChI is InChI=1S/C21H28N2O5/c1-14(2)18-10-17(28-22-18)12-23-8-7-19(24)21(13-23,20(25)26)11-15-5-4-6-16(9-15)27-3/h4-6,9-10,14,19,24H,7-8,11-13H2,1-3H3,(H,25,26)/t19-,21-/m1/s1. The number of likely N-dealkylation sites (tertiary alicyclic amines) is 1. The normalized spacial score (nSPS) is 23.1. The highest BCUT2D eigenvalue weighted by molar-refractivity contribution is 5.76. The number of aliphatic carboxylic acids is 1. The van der Waals surface area contributed by atoms with Crippen LogP contribution in [0.5, 0.6) is 5.75 Å². The van der Waals surface area contributed by atoms with Crippen molar-refractivity contribution in [2.24, 2.45) is 5.41 Å². The van der Waals surface area contributed by atoms with Crippen LogP contribution in [0.1, 0.15) is 43.2 Å². The average Bonchev–Trinajstić information content (AvgIpc) is 3.13. The number of hydrogen-bond acceptors (Lipinski definition) is 6. The molecular weight excluding hydrogens is 360 g/mol. The minimum absolute atomic E-state index is 0.227. The van der Waals surface area contributed by atoms with E-state index >= 15 is 0 Å². The fraction of sp³-hybridized carbons (Fsp3) is 0.524. The molecule has 0 spiro atoms. The van der Waals surface area contributed by atoms with E-state index in [-0.39, 0.29) is 18.9 Å². The SMILES string of the molecule is COc1cccc(C[C@@]2(C(=O)O)CN(Cc3cc(C(C)C)no3)CC[C@H]2O)c1. The van der Waals surface area contributed by atoms with Gasteiger partial charge >= 0.3 is 5.97 Å². The van der Waals surface area contributed by atoms with Gasteiger partial charge in [-0.05, 0) is 36.5 Å². The molecule has 7 heteroatoms. The van der Waals surface area contributed by atoms with Gasteiger partial charge in [0.1, 0.15) is 11.2 Å². The zero-order chi connectivity index (χ0) is 20.3. The minimum atomic E-state index is -1.29. The van der Waals surface area contributed by atoms with Gasteiger partial charge < -0.3 is 19.5 Å². The lowest BCUT2D eigenvalue weighted by molar-refractivity contribution is -0.163. The summed E-state index contributed by atoms with van der Waals surface area (Å²) in [5.41, 5.74) is 0.420. The zero-order valence-corrected chi connectivity index (χ0v) is 16.6. The summed E-state index contributed by atoms with van der Waals surface area (Å²) >= 11 is 0. The Balaban J connectivity index is 1.81. The Kier molecular flexibility index (Phi) is 6.05. The molecule has 7 nitrogen and oxygen atoms in total. The van der Waals surface area contributed by atoms with Crippen LogP contribution in [-0.2, 0) is 17.8 Å². The Morgan fingerprint density at radius 3 is 2.86 bits per heavy atom. The van der Waals surface area contributed by atoms with E-state index in [2.05, 4.69) is 5.16 Å². The number of methoxy groups -OCH3 is 1. The van der Waals surface area contributed by atoms with Crippen LogP contribution in [-0.4, -0.2) is 52.5 Å². The number of hydrogen-bond donors (Lipinski definition) is 2. The van der Waals surface area contributed by atoms with Gasteiger partial charge in [0.05, 0.1) is 25.5 Å². The van der Waals surface area contributed by atoms with E-state index in [0.29, 0.717) is 31.0 Å². The van der Waals surface area contributed by atoms with Crippen molar-refractivity contribution in [1.82, 2.24) is 10.1 Å². The summed E-state index contributed by atoms with van der Waals surface area (Å²) in [6.07, 6.45) is -0.305. The first kappa shape index (κ1) is 20.4. The number of aliphatic hydroxyl groups excluding tert-OH is 1. The Morgan fingerprint density at radius 2 is 2.21 bits per heavy atom. The summed E-state index contributed by atoms with van der Waals surface area (Å²) in [5.74, 6) is 0.656. The number of carbonyl (C=O) groups is 1. The molecule has 0 bridgehead atoms. The molecule has 0 aliphatic carbocycles. The van der Waals surface area contributed by atoms with Crippen LogP contribution < -0.4 is 4.74 Å². The molecule has 1 fully saturated rings. The number of ether oxygens (including phenoxy) is 1. The molecule has 1 aromatic heterocycles. The highest BCUT2D eigenvalue weighted by atomic mass is 16.5. The lowest BCUT2D eigenvalue weighted by Crippen LogP contribution is -2.56. The molecule has 2 aromatic rings. The number of carboxylic acid groups (broad SMARTS) is 1. The number of benzene rings is 1. The number of aliphatic hydroxyl groups is 1. The van der Waals surface area contributed by atoms with Gasteiger partial charge in [-0.2, -0.15) is 0 Å². The molecule has 0 unspecified atom stereocenters. The summed E-state index contributed by atoms with van der Waals surface area (Å²) in [4.78, 5) is 14.3. The van der Waals surface area contributed by atoms with E-state index < -0.39 is 17.5 Å². The van der Waals surface area contributed by atoms with E-state index in [1.807, 2.05) is 49.1 Å². The number of aromatic nitrogens is 1. The lowest BCUT2D eigenvalue weighted by atomic mass is 9.73. The molecule has 28 heavy (non-hydrogen) atoms. The van der Waals surface area contributed by atoms with Crippen molar-refractivity contribution in [3.63, 3.8) is 0 Å². The molecule has 0 saturated carbocycles. The fourth-order valence-corrected chi connectivity index (χ4v) is 3.80. The molecule has 2 heterocycles. The van der Waals surface area contributed by atoms with Crippen LogP contribution in [0.15, 0.2) is 34.9 Å². The Bertz CT molecular complexity index is 819. The van der Waals surface area contributed by atoms with Crippen LogP contribution in [0.2, 0.25) is 0 Å². The summed E-state index contributed by atoms with van der Waals surface area (Å²) in [6, 6.07) is 9.25. The number of carboxylic acids is 1. The predicted molar refractivity (Wildman–Crippen MR) is 103 cm³/mol. The van der Waals surface area contributed by atoms with Gasteiger partial charge in [0.2, 0.25) is 0 Å². The first-order valence-electron chi connectivity index (χ1n) is 9.56. The van der Waals surface area contributed by atoms with Gasteiger partial charge in [-0.1, -0.05) is 31.1 Å². The van der Waals surface area contributed by atoms with Gasteiger partial charge in [0.15, 0.2) is 5.76 Å². The first-order valence-corrected chi connectivity index (χ1v) is 9.56.